The minimum absolute atomic E-state index is 0.119. The maximum atomic E-state index is 12.1. The van der Waals surface area contributed by atoms with Gasteiger partial charge < -0.3 is 9.47 Å². The summed E-state index contributed by atoms with van der Waals surface area (Å²) in [6.07, 6.45) is 0. The summed E-state index contributed by atoms with van der Waals surface area (Å²) in [5.74, 6) is 0.306. The molecule has 6 heteroatoms. The lowest BCUT2D eigenvalue weighted by Crippen LogP contribution is -2.05. The van der Waals surface area contributed by atoms with Crippen LogP contribution in [0.2, 0.25) is 5.02 Å². The molecule has 3 rings (SSSR count). The van der Waals surface area contributed by atoms with E-state index in [2.05, 4.69) is 4.98 Å². The van der Waals surface area contributed by atoms with E-state index in [0.717, 1.165) is 21.9 Å². The minimum Gasteiger partial charge on any atom is -0.497 e. The first kappa shape index (κ1) is 16.5. The van der Waals surface area contributed by atoms with E-state index in [1.807, 2.05) is 42.5 Å². The molecule has 1 heterocycles. The number of esters is 1. The fraction of sp³-hybridized carbons (Fsp3) is 0.111. The predicted molar refractivity (Wildman–Crippen MR) is 94.7 cm³/mol. The number of halogens is 1. The molecule has 3 aromatic rings. The van der Waals surface area contributed by atoms with Crippen molar-refractivity contribution in [2.75, 3.05) is 7.11 Å². The Morgan fingerprint density at radius 3 is 2.62 bits per heavy atom. The fourth-order valence-electron chi connectivity index (χ4n) is 2.07. The summed E-state index contributed by atoms with van der Waals surface area (Å²) in [5, 5.41) is 3.01. The highest BCUT2D eigenvalue weighted by Gasteiger charge is 2.14. The van der Waals surface area contributed by atoms with E-state index in [1.54, 1.807) is 18.6 Å². The predicted octanol–water partition coefficient (Wildman–Crippen LogP) is 4.83. The molecule has 122 valence electrons. The van der Waals surface area contributed by atoms with Gasteiger partial charge in [-0.1, -0.05) is 29.8 Å². The van der Waals surface area contributed by atoms with Crippen molar-refractivity contribution in [1.82, 2.24) is 4.98 Å². The molecule has 0 unspecified atom stereocenters. The molecule has 0 atom stereocenters. The molecule has 0 aliphatic heterocycles. The van der Waals surface area contributed by atoms with Crippen LogP contribution in [0.15, 0.2) is 53.9 Å². The average Bonchev–Trinajstić information content (AvgIpc) is 3.11. The van der Waals surface area contributed by atoms with Crippen LogP contribution in [0.1, 0.15) is 16.1 Å². The highest BCUT2D eigenvalue weighted by atomic mass is 35.5. The second-order valence-corrected chi connectivity index (χ2v) is 6.20. The summed E-state index contributed by atoms with van der Waals surface area (Å²) < 4.78 is 10.4. The maximum Gasteiger partial charge on any atom is 0.358 e. The van der Waals surface area contributed by atoms with E-state index in [0.29, 0.717) is 5.02 Å². The van der Waals surface area contributed by atoms with Crippen LogP contribution in [-0.2, 0) is 11.3 Å². The second-order valence-electron chi connectivity index (χ2n) is 4.93. The molecule has 2 aromatic carbocycles. The summed E-state index contributed by atoms with van der Waals surface area (Å²) in [6.45, 7) is 0.119. The lowest BCUT2D eigenvalue weighted by atomic mass is 10.2. The van der Waals surface area contributed by atoms with Crippen molar-refractivity contribution in [2.45, 2.75) is 6.61 Å². The molecule has 0 saturated carbocycles. The summed E-state index contributed by atoms with van der Waals surface area (Å²) in [5.41, 5.74) is 1.97. The van der Waals surface area contributed by atoms with Crippen molar-refractivity contribution in [1.29, 1.82) is 0 Å². The molecule has 1 aromatic heterocycles. The number of nitrogens with zero attached hydrogens (tertiary/aromatic N) is 1. The first-order valence-electron chi connectivity index (χ1n) is 7.18. The van der Waals surface area contributed by atoms with Crippen LogP contribution in [0.5, 0.6) is 5.75 Å². The van der Waals surface area contributed by atoms with Gasteiger partial charge in [0.2, 0.25) is 0 Å². The zero-order valence-electron chi connectivity index (χ0n) is 12.9. The minimum atomic E-state index is -0.467. The van der Waals surface area contributed by atoms with Crippen LogP contribution >= 0.6 is 22.9 Å². The molecule has 0 amide bonds. The number of carbonyl (C=O) groups excluding carboxylic acids is 1. The van der Waals surface area contributed by atoms with Crippen molar-refractivity contribution < 1.29 is 14.3 Å². The number of hydrogen-bond donors (Lipinski definition) is 0. The highest BCUT2D eigenvalue weighted by molar-refractivity contribution is 7.13. The Balaban J connectivity index is 1.68. The highest BCUT2D eigenvalue weighted by Crippen LogP contribution is 2.26. The summed E-state index contributed by atoms with van der Waals surface area (Å²) in [4.78, 5) is 16.5. The van der Waals surface area contributed by atoms with Gasteiger partial charge in [0.15, 0.2) is 5.69 Å². The van der Waals surface area contributed by atoms with Gasteiger partial charge in [0.05, 0.1) is 7.11 Å². The van der Waals surface area contributed by atoms with Gasteiger partial charge in [-0.15, -0.1) is 11.3 Å². The zero-order valence-corrected chi connectivity index (χ0v) is 14.4. The van der Waals surface area contributed by atoms with Gasteiger partial charge in [-0.25, -0.2) is 9.78 Å². The number of carbonyl (C=O) groups is 1. The van der Waals surface area contributed by atoms with Crippen LogP contribution in [0.4, 0.5) is 0 Å². The Labute approximate surface area is 148 Å². The van der Waals surface area contributed by atoms with Crippen molar-refractivity contribution in [3.05, 3.63) is 70.2 Å². The number of aromatic nitrogens is 1. The lowest BCUT2D eigenvalue weighted by molar-refractivity contribution is 0.0467. The van der Waals surface area contributed by atoms with E-state index >= 15 is 0 Å². The third kappa shape index (κ3) is 3.75. The van der Waals surface area contributed by atoms with Crippen molar-refractivity contribution >= 4 is 28.9 Å². The largest absolute Gasteiger partial charge is 0.497 e. The lowest BCUT2D eigenvalue weighted by Gasteiger charge is -2.04. The Hall–Kier alpha value is -2.37. The smallest absolute Gasteiger partial charge is 0.358 e. The van der Waals surface area contributed by atoms with E-state index in [4.69, 9.17) is 21.1 Å². The van der Waals surface area contributed by atoms with Gasteiger partial charge in [-0.05, 0) is 30.3 Å². The Bertz CT molecular complexity index is 845. The molecule has 0 aliphatic carbocycles. The molecule has 0 spiro atoms. The average molecular weight is 360 g/mol. The maximum absolute atomic E-state index is 12.1. The van der Waals surface area contributed by atoms with E-state index in [-0.39, 0.29) is 12.3 Å². The van der Waals surface area contributed by atoms with Gasteiger partial charge in [0.1, 0.15) is 17.4 Å². The van der Waals surface area contributed by atoms with Crippen LogP contribution in [0.3, 0.4) is 0 Å². The molecule has 0 bridgehead atoms. The van der Waals surface area contributed by atoms with E-state index in [9.17, 15) is 4.79 Å². The Morgan fingerprint density at radius 2 is 1.92 bits per heavy atom. The zero-order chi connectivity index (χ0) is 16.9. The molecule has 24 heavy (non-hydrogen) atoms. The van der Waals surface area contributed by atoms with Crippen molar-refractivity contribution in [3.63, 3.8) is 0 Å². The number of thiazole rings is 1. The second kappa shape index (κ2) is 7.47. The monoisotopic (exact) mass is 359 g/mol. The molecule has 4 nitrogen and oxygen atoms in total. The topological polar surface area (TPSA) is 48.4 Å². The van der Waals surface area contributed by atoms with Crippen molar-refractivity contribution in [3.8, 4) is 16.3 Å². The van der Waals surface area contributed by atoms with E-state index < -0.39 is 5.97 Å². The van der Waals surface area contributed by atoms with Crippen LogP contribution in [0, 0.1) is 0 Å². The van der Waals surface area contributed by atoms with Gasteiger partial charge in [-0.3, -0.25) is 0 Å². The summed E-state index contributed by atoms with van der Waals surface area (Å²) in [7, 11) is 1.62. The van der Waals surface area contributed by atoms with E-state index in [1.165, 1.54) is 11.3 Å². The summed E-state index contributed by atoms with van der Waals surface area (Å²) >= 11 is 7.44. The van der Waals surface area contributed by atoms with Crippen molar-refractivity contribution in [2.24, 2.45) is 0 Å². The number of benzene rings is 2. The Kier molecular flexibility index (Phi) is 5.13. The molecule has 0 N–H and O–H groups in total. The first-order chi connectivity index (χ1) is 11.7. The first-order valence-corrected chi connectivity index (χ1v) is 8.43. The molecule has 0 radical (unpaired) electrons. The quantitative estimate of drug-likeness (QED) is 0.612. The number of methoxy groups -OCH3 is 1. The standard InChI is InChI=1S/C18H14ClNO3S/c1-22-14-8-6-12(7-9-14)17-20-16(11-24-17)18(21)23-10-13-4-2-3-5-15(13)19/h2-9,11H,10H2,1H3. The SMILES string of the molecule is COc1ccc(-c2nc(C(=O)OCc3ccccc3Cl)cs2)cc1. The van der Waals surface area contributed by atoms with Gasteiger partial charge in [-0.2, -0.15) is 0 Å². The molecular weight excluding hydrogens is 346 g/mol. The summed E-state index contributed by atoms with van der Waals surface area (Å²) in [6, 6.07) is 14.8. The third-order valence-electron chi connectivity index (χ3n) is 3.37. The number of ether oxygens (including phenoxy) is 2. The van der Waals surface area contributed by atoms with Crippen LogP contribution < -0.4 is 4.74 Å². The van der Waals surface area contributed by atoms with Gasteiger partial charge >= 0.3 is 5.97 Å². The number of hydrogen-bond acceptors (Lipinski definition) is 5. The molecule has 0 saturated heterocycles. The van der Waals surface area contributed by atoms with Crippen LogP contribution in [-0.4, -0.2) is 18.1 Å². The Morgan fingerprint density at radius 1 is 1.17 bits per heavy atom. The van der Waals surface area contributed by atoms with Crippen LogP contribution in [0.25, 0.3) is 10.6 Å². The third-order valence-corrected chi connectivity index (χ3v) is 4.63. The normalized spacial score (nSPS) is 10.4. The van der Waals surface area contributed by atoms with Gasteiger partial charge in [0.25, 0.3) is 0 Å². The fourth-order valence-corrected chi connectivity index (χ4v) is 3.05. The van der Waals surface area contributed by atoms with Gasteiger partial charge in [0, 0.05) is 21.5 Å². The molecular formula is C18H14ClNO3S. The molecule has 0 fully saturated rings. The number of rotatable bonds is 5. The molecule has 0 aliphatic rings.